The molecule has 1 atom stereocenters. The monoisotopic (exact) mass is 309 g/mol. The van der Waals surface area contributed by atoms with Gasteiger partial charge in [0.25, 0.3) is 0 Å². The summed E-state index contributed by atoms with van der Waals surface area (Å²) in [5, 5.41) is 3.51. The van der Waals surface area contributed by atoms with Gasteiger partial charge in [-0.1, -0.05) is 6.92 Å². The van der Waals surface area contributed by atoms with Gasteiger partial charge in [0.05, 0.1) is 0 Å². The Morgan fingerprint density at radius 2 is 2.24 bits per heavy atom. The molecule has 0 aromatic carbocycles. The average Bonchev–Trinajstić information content (AvgIpc) is 2.98. The number of nitrogens with one attached hydrogen (secondary N) is 1. The quantitative estimate of drug-likeness (QED) is 0.745. The lowest BCUT2D eigenvalue weighted by molar-refractivity contribution is 0.201. The summed E-state index contributed by atoms with van der Waals surface area (Å²) in [6.07, 6.45) is 3.91. The van der Waals surface area contributed by atoms with Gasteiger partial charge in [-0.25, -0.2) is 0 Å². The Labute approximate surface area is 134 Å². The Bertz CT molecular complexity index is 428. The predicted molar refractivity (Wildman–Crippen MR) is 93.0 cm³/mol. The fourth-order valence-corrected chi connectivity index (χ4v) is 4.19. The highest BCUT2D eigenvalue weighted by molar-refractivity contribution is 7.12. The number of nitrogens with zero attached hydrogens (tertiary/aromatic N) is 2. The maximum atomic E-state index is 3.51. The number of hydrogen-bond donors (Lipinski definition) is 1. The van der Waals surface area contributed by atoms with Crippen molar-refractivity contribution >= 4 is 11.3 Å². The molecular weight excluding hydrogens is 278 g/mol. The van der Waals surface area contributed by atoms with Crippen molar-refractivity contribution in [3.05, 3.63) is 21.4 Å². The van der Waals surface area contributed by atoms with E-state index in [4.69, 9.17) is 0 Å². The average molecular weight is 310 g/mol. The molecule has 2 heterocycles. The van der Waals surface area contributed by atoms with Crippen LogP contribution in [0.1, 0.15) is 41.5 Å². The predicted octanol–water partition coefficient (Wildman–Crippen LogP) is 3.08. The van der Waals surface area contributed by atoms with Crippen molar-refractivity contribution in [1.82, 2.24) is 15.1 Å². The minimum absolute atomic E-state index is 0.737. The molecule has 0 aliphatic carbocycles. The van der Waals surface area contributed by atoms with Crippen LogP contribution in [0.5, 0.6) is 0 Å². The number of hydrogen-bond acceptors (Lipinski definition) is 4. The zero-order chi connectivity index (χ0) is 15.2. The summed E-state index contributed by atoms with van der Waals surface area (Å²) in [4.78, 5) is 7.99. The molecule has 0 radical (unpaired) electrons. The van der Waals surface area contributed by atoms with Gasteiger partial charge in [0.1, 0.15) is 0 Å². The molecule has 120 valence electrons. The molecule has 2 rings (SSSR count). The molecule has 1 saturated heterocycles. The van der Waals surface area contributed by atoms with Crippen molar-refractivity contribution in [2.24, 2.45) is 0 Å². The van der Waals surface area contributed by atoms with E-state index in [1.807, 2.05) is 11.3 Å². The molecule has 1 aliphatic heterocycles. The summed E-state index contributed by atoms with van der Waals surface area (Å²) in [6, 6.07) is 3.16. The van der Waals surface area contributed by atoms with E-state index in [0.29, 0.717) is 0 Å². The Morgan fingerprint density at radius 3 is 2.95 bits per heavy atom. The van der Waals surface area contributed by atoms with Gasteiger partial charge in [0.2, 0.25) is 0 Å². The van der Waals surface area contributed by atoms with Gasteiger partial charge in [0, 0.05) is 35.4 Å². The third kappa shape index (κ3) is 5.06. The zero-order valence-electron chi connectivity index (χ0n) is 14.1. The summed E-state index contributed by atoms with van der Waals surface area (Å²) in [7, 11) is 4.37. The summed E-state index contributed by atoms with van der Waals surface area (Å²) < 4.78 is 0. The molecule has 0 bridgehead atoms. The second kappa shape index (κ2) is 8.28. The van der Waals surface area contributed by atoms with Gasteiger partial charge in [-0.15, -0.1) is 11.3 Å². The van der Waals surface area contributed by atoms with Gasteiger partial charge in [0.15, 0.2) is 0 Å². The summed E-state index contributed by atoms with van der Waals surface area (Å²) in [6.45, 7) is 10.2. The van der Waals surface area contributed by atoms with Crippen molar-refractivity contribution < 1.29 is 0 Å². The van der Waals surface area contributed by atoms with E-state index in [9.17, 15) is 0 Å². The van der Waals surface area contributed by atoms with Crippen molar-refractivity contribution in [3.63, 3.8) is 0 Å². The second-order valence-electron chi connectivity index (χ2n) is 6.50. The maximum Gasteiger partial charge on any atom is 0.0299 e. The maximum absolute atomic E-state index is 3.51. The number of likely N-dealkylation sites (N-methyl/N-ethyl adjacent to an activating group) is 1. The van der Waals surface area contributed by atoms with Crippen LogP contribution >= 0.6 is 11.3 Å². The normalized spacial score (nSPS) is 19.8. The van der Waals surface area contributed by atoms with Gasteiger partial charge in [-0.05, 0) is 65.0 Å². The van der Waals surface area contributed by atoms with Crippen LogP contribution in [0.3, 0.4) is 0 Å². The van der Waals surface area contributed by atoms with Gasteiger partial charge in [-0.2, -0.15) is 0 Å². The molecular formula is C17H31N3S. The third-order valence-corrected chi connectivity index (χ3v) is 5.34. The lowest BCUT2D eigenvalue weighted by Gasteiger charge is -2.27. The van der Waals surface area contributed by atoms with Crippen LogP contribution in [0.2, 0.25) is 0 Å². The lowest BCUT2D eigenvalue weighted by Crippen LogP contribution is -2.37. The van der Waals surface area contributed by atoms with E-state index in [1.165, 1.54) is 42.1 Å². The fraction of sp³-hybridized carbons (Fsp3) is 0.765. The van der Waals surface area contributed by atoms with Crippen LogP contribution in [0.15, 0.2) is 6.07 Å². The van der Waals surface area contributed by atoms with E-state index < -0.39 is 0 Å². The molecule has 1 aromatic heterocycles. The summed E-state index contributed by atoms with van der Waals surface area (Å²) in [5.74, 6) is 0. The fourth-order valence-electron chi connectivity index (χ4n) is 3.17. The first-order chi connectivity index (χ1) is 10.1. The van der Waals surface area contributed by atoms with E-state index in [-0.39, 0.29) is 0 Å². The van der Waals surface area contributed by atoms with Crippen molar-refractivity contribution in [1.29, 1.82) is 0 Å². The minimum atomic E-state index is 0.737. The molecule has 3 nitrogen and oxygen atoms in total. The van der Waals surface area contributed by atoms with E-state index in [2.05, 4.69) is 49.1 Å². The number of aryl methyl sites for hydroxylation is 1. The van der Waals surface area contributed by atoms with Gasteiger partial charge < -0.3 is 10.2 Å². The number of likely N-dealkylation sites (tertiary alicyclic amines) is 1. The van der Waals surface area contributed by atoms with Gasteiger partial charge in [-0.3, -0.25) is 4.90 Å². The standard InChI is InChI=1S/C17H31N3S/c1-5-8-18-11-17-10-15(14(2)21-17)12-20-9-6-7-16(20)13-19(3)4/h10,16,18H,5-9,11-13H2,1-4H3. The molecule has 1 aliphatic rings. The summed E-state index contributed by atoms with van der Waals surface area (Å²) >= 11 is 1.96. The Kier molecular flexibility index (Phi) is 6.68. The van der Waals surface area contributed by atoms with E-state index in [1.54, 1.807) is 5.56 Å². The van der Waals surface area contributed by atoms with Gasteiger partial charge >= 0.3 is 0 Å². The third-order valence-electron chi connectivity index (χ3n) is 4.25. The lowest BCUT2D eigenvalue weighted by atomic mass is 10.2. The highest BCUT2D eigenvalue weighted by Gasteiger charge is 2.25. The van der Waals surface area contributed by atoms with E-state index in [0.717, 1.165) is 25.7 Å². The molecule has 0 amide bonds. The number of rotatable bonds is 8. The first-order valence-electron chi connectivity index (χ1n) is 8.27. The van der Waals surface area contributed by atoms with Crippen molar-refractivity contribution in [2.45, 2.75) is 52.2 Å². The van der Waals surface area contributed by atoms with Crippen molar-refractivity contribution in [2.75, 3.05) is 33.7 Å². The first kappa shape index (κ1) is 16.9. The summed E-state index contributed by atoms with van der Waals surface area (Å²) in [5.41, 5.74) is 1.54. The second-order valence-corrected chi connectivity index (χ2v) is 7.84. The molecule has 1 aromatic rings. The first-order valence-corrected chi connectivity index (χ1v) is 9.09. The Morgan fingerprint density at radius 1 is 1.43 bits per heavy atom. The molecule has 21 heavy (non-hydrogen) atoms. The molecule has 1 N–H and O–H groups in total. The van der Waals surface area contributed by atoms with Crippen LogP contribution in [-0.2, 0) is 13.1 Å². The van der Waals surface area contributed by atoms with Crippen LogP contribution in [0.4, 0.5) is 0 Å². The highest BCUT2D eigenvalue weighted by atomic mass is 32.1. The van der Waals surface area contributed by atoms with E-state index >= 15 is 0 Å². The minimum Gasteiger partial charge on any atom is -0.312 e. The molecule has 0 saturated carbocycles. The van der Waals surface area contributed by atoms with Crippen LogP contribution in [0, 0.1) is 6.92 Å². The Hall–Kier alpha value is -0.420. The Balaban J connectivity index is 1.92. The highest BCUT2D eigenvalue weighted by Crippen LogP contribution is 2.26. The zero-order valence-corrected chi connectivity index (χ0v) is 14.9. The topological polar surface area (TPSA) is 18.5 Å². The smallest absolute Gasteiger partial charge is 0.0299 e. The molecule has 1 unspecified atom stereocenters. The van der Waals surface area contributed by atoms with Crippen LogP contribution < -0.4 is 5.32 Å². The van der Waals surface area contributed by atoms with Crippen LogP contribution in [-0.4, -0.2) is 49.6 Å². The molecule has 1 fully saturated rings. The van der Waals surface area contributed by atoms with Crippen LogP contribution in [0.25, 0.3) is 0 Å². The SMILES string of the molecule is CCCNCc1cc(CN2CCCC2CN(C)C)c(C)s1. The molecule has 0 spiro atoms. The van der Waals surface area contributed by atoms with Crippen molar-refractivity contribution in [3.8, 4) is 0 Å². The number of thiophene rings is 1. The largest absolute Gasteiger partial charge is 0.312 e. The molecule has 4 heteroatoms.